The van der Waals surface area contributed by atoms with E-state index in [1.807, 2.05) is 44.3 Å². The third-order valence-corrected chi connectivity index (χ3v) is 3.79. The molecule has 0 bridgehead atoms. The van der Waals surface area contributed by atoms with Crippen molar-refractivity contribution >= 4 is 21.7 Å². The van der Waals surface area contributed by atoms with Gasteiger partial charge < -0.3 is 10.1 Å². The Hall–Kier alpha value is -1.46. The summed E-state index contributed by atoms with van der Waals surface area (Å²) in [5.74, 6) is 1.42. The molecule has 100 valence electrons. The minimum atomic E-state index is -0.264. The van der Waals surface area contributed by atoms with Crippen LogP contribution in [0.2, 0.25) is 0 Å². The number of ether oxygens (including phenoxy) is 1. The van der Waals surface area contributed by atoms with E-state index >= 15 is 0 Å². The Morgan fingerprint density at radius 3 is 2.47 bits per heavy atom. The van der Waals surface area contributed by atoms with E-state index < -0.39 is 0 Å². The quantitative estimate of drug-likeness (QED) is 0.938. The number of anilines is 1. The second kappa shape index (κ2) is 6.12. The number of halogens is 1. The van der Waals surface area contributed by atoms with E-state index in [1.54, 1.807) is 7.11 Å². The molecular formula is C14H16BrN3O. The fraction of sp³-hybridized carbons (Fsp3) is 0.286. The van der Waals surface area contributed by atoms with Crippen molar-refractivity contribution in [3.05, 3.63) is 51.9 Å². The summed E-state index contributed by atoms with van der Waals surface area (Å²) in [6, 6.07) is 9.95. The topological polar surface area (TPSA) is 47.0 Å². The average Bonchev–Trinajstić information content (AvgIpc) is 2.44. The summed E-state index contributed by atoms with van der Waals surface area (Å²) in [5, 5.41) is 3.05. The molecule has 0 amide bonds. The van der Waals surface area contributed by atoms with E-state index in [0.717, 1.165) is 21.5 Å². The maximum absolute atomic E-state index is 5.55. The average molecular weight is 322 g/mol. The first kappa shape index (κ1) is 14.0. The van der Waals surface area contributed by atoms with Crippen LogP contribution in [0.25, 0.3) is 0 Å². The van der Waals surface area contributed by atoms with Crippen LogP contribution >= 0.6 is 15.9 Å². The summed E-state index contributed by atoms with van der Waals surface area (Å²) in [7, 11) is 3.50. The van der Waals surface area contributed by atoms with Crippen LogP contribution in [0.5, 0.6) is 0 Å². The molecule has 1 aromatic carbocycles. The molecule has 2 aromatic rings. The highest BCUT2D eigenvalue weighted by molar-refractivity contribution is 9.10. The summed E-state index contributed by atoms with van der Waals surface area (Å²) in [4.78, 5) is 9.01. The predicted octanol–water partition coefficient (Wildman–Crippen LogP) is 3.33. The third kappa shape index (κ3) is 2.93. The number of aryl methyl sites for hydroxylation is 1. The summed E-state index contributed by atoms with van der Waals surface area (Å²) in [6.07, 6.45) is -0.264. The number of hydrogen-bond donors (Lipinski definition) is 1. The van der Waals surface area contributed by atoms with E-state index in [2.05, 4.69) is 31.2 Å². The van der Waals surface area contributed by atoms with Gasteiger partial charge in [0, 0.05) is 14.2 Å². The van der Waals surface area contributed by atoms with Crippen molar-refractivity contribution in [2.75, 3.05) is 19.5 Å². The maximum atomic E-state index is 5.55. The highest BCUT2D eigenvalue weighted by atomic mass is 79.9. The minimum absolute atomic E-state index is 0.264. The molecule has 4 nitrogen and oxygen atoms in total. The fourth-order valence-corrected chi connectivity index (χ4v) is 2.26. The van der Waals surface area contributed by atoms with Gasteiger partial charge in [-0.25, -0.2) is 9.97 Å². The van der Waals surface area contributed by atoms with E-state index in [9.17, 15) is 0 Å². The molecule has 19 heavy (non-hydrogen) atoms. The first-order chi connectivity index (χ1) is 9.17. The number of nitrogens with zero attached hydrogens (tertiary/aromatic N) is 2. The highest BCUT2D eigenvalue weighted by Crippen LogP contribution is 2.28. The lowest BCUT2D eigenvalue weighted by atomic mass is 10.1. The van der Waals surface area contributed by atoms with Gasteiger partial charge in [-0.15, -0.1) is 0 Å². The lowest BCUT2D eigenvalue weighted by Gasteiger charge is -2.16. The zero-order valence-corrected chi connectivity index (χ0v) is 12.7. The number of hydrogen-bond acceptors (Lipinski definition) is 4. The molecule has 0 aliphatic rings. The second-order valence-electron chi connectivity index (χ2n) is 4.11. The Balaban J connectivity index is 2.47. The van der Waals surface area contributed by atoms with Crippen LogP contribution in [-0.2, 0) is 4.74 Å². The van der Waals surface area contributed by atoms with Crippen molar-refractivity contribution in [3.8, 4) is 0 Å². The maximum Gasteiger partial charge on any atom is 0.164 e. The van der Waals surface area contributed by atoms with Crippen molar-refractivity contribution in [1.82, 2.24) is 9.97 Å². The molecule has 0 aliphatic carbocycles. The molecule has 1 unspecified atom stereocenters. The molecule has 1 heterocycles. The molecule has 0 saturated heterocycles. The van der Waals surface area contributed by atoms with Crippen LogP contribution in [0.4, 0.5) is 5.82 Å². The third-order valence-electron chi connectivity index (χ3n) is 2.84. The van der Waals surface area contributed by atoms with Crippen molar-refractivity contribution in [1.29, 1.82) is 0 Å². The van der Waals surface area contributed by atoms with Gasteiger partial charge in [-0.3, -0.25) is 0 Å². The molecule has 0 saturated carbocycles. The molecular weight excluding hydrogens is 306 g/mol. The van der Waals surface area contributed by atoms with Gasteiger partial charge >= 0.3 is 0 Å². The normalized spacial score (nSPS) is 12.2. The standard InChI is InChI=1S/C14H16BrN3O/c1-9-11(15)13(16-2)18-14(17-9)12(19-3)10-7-5-4-6-8-10/h4-8,12H,1-3H3,(H,16,17,18). The molecule has 1 N–H and O–H groups in total. The smallest absolute Gasteiger partial charge is 0.164 e. The molecule has 2 rings (SSSR count). The second-order valence-corrected chi connectivity index (χ2v) is 4.90. The monoisotopic (exact) mass is 321 g/mol. The van der Waals surface area contributed by atoms with Crippen molar-refractivity contribution < 1.29 is 4.74 Å². The number of aromatic nitrogens is 2. The van der Waals surface area contributed by atoms with E-state index in [-0.39, 0.29) is 6.10 Å². The van der Waals surface area contributed by atoms with Gasteiger partial charge in [-0.2, -0.15) is 0 Å². The molecule has 0 aliphatic heterocycles. The van der Waals surface area contributed by atoms with Crippen LogP contribution in [0, 0.1) is 6.92 Å². The van der Waals surface area contributed by atoms with Gasteiger partial charge in [-0.1, -0.05) is 30.3 Å². The van der Waals surface area contributed by atoms with Gasteiger partial charge in [0.1, 0.15) is 11.9 Å². The summed E-state index contributed by atoms with van der Waals surface area (Å²) in [6.45, 7) is 1.94. The number of methoxy groups -OCH3 is 1. The number of benzene rings is 1. The van der Waals surface area contributed by atoms with E-state index in [4.69, 9.17) is 4.74 Å². The lowest BCUT2D eigenvalue weighted by molar-refractivity contribution is 0.129. The van der Waals surface area contributed by atoms with Crippen LogP contribution in [-0.4, -0.2) is 24.1 Å². The Morgan fingerprint density at radius 1 is 1.21 bits per heavy atom. The Labute approximate surface area is 121 Å². The molecule has 0 fully saturated rings. The van der Waals surface area contributed by atoms with Gasteiger partial charge in [0.05, 0.1) is 10.2 Å². The molecule has 0 spiro atoms. The zero-order valence-electron chi connectivity index (χ0n) is 11.1. The molecule has 0 radical (unpaired) electrons. The number of rotatable bonds is 4. The minimum Gasteiger partial charge on any atom is -0.372 e. The van der Waals surface area contributed by atoms with Gasteiger partial charge in [0.2, 0.25) is 0 Å². The van der Waals surface area contributed by atoms with Crippen molar-refractivity contribution in [3.63, 3.8) is 0 Å². The van der Waals surface area contributed by atoms with Gasteiger partial charge in [0.25, 0.3) is 0 Å². The van der Waals surface area contributed by atoms with E-state index in [1.165, 1.54) is 0 Å². The Bertz CT molecular complexity index is 560. The fourth-order valence-electron chi connectivity index (χ4n) is 1.88. The molecule has 5 heteroatoms. The largest absolute Gasteiger partial charge is 0.372 e. The van der Waals surface area contributed by atoms with Crippen LogP contribution in [0.1, 0.15) is 23.2 Å². The Kier molecular flexibility index (Phi) is 4.50. The lowest BCUT2D eigenvalue weighted by Crippen LogP contribution is -2.11. The van der Waals surface area contributed by atoms with Crippen LogP contribution in [0.15, 0.2) is 34.8 Å². The first-order valence-electron chi connectivity index (χ1n) is 5.97. The summed E-state index contributed by atoms with van der Waals surface area (Å²) in [5.41, 5.74) is 1.92. The van der Waals surface area contributed by atoms with Crippen molar-refractivity contribution in [2.45, 2.75) is 13.0 Å². The predicted molar refractivity (Wildman–Crippen MR) is 79.3 cm³/mol. The van der Waals surface area contributed by atoms with Crippen LogP contribution in [0.3, 0.4) is 0 Å². The van der Waals surface area contributed by atoms with Crippen LogP contribution < -0.4 is 5.32 Å². The molecule has 1 aromatic heterocycles. The molecule has 1 atom stereocenters. The zero-order chi connectivity index (χ0) is 13.8. The van der Waals surface area contributed by atoms with E-state index in [0.29, 0.717) is 5.82 Å². The van der Waals surface area contributed by atoms with Gasteiger partial charge in [0.15, 0.2) is 5.82 Å². The summed E-state index contributed by atoms with van der Waals surface area (Å²) >= 11 is 3.47. The highest BCUT2D eigenvalue weighted by Gasteiger charge is 2.19. The first-order valence-corrected chi connectivity index (χ1v) is 6.76. The summed E-state index contributed by atoms with van der Waals surface area (Å²) < 4.78 is 6.43. The van der Waals surface area contributed by atoms with Crippen molar-refractivity contribution in [2.24, 2.45) is 0 Å². The Morgan fingerprint density at radius 2 is 1.89 bits per heavy atom. The number of nitrogens with one attached hydrogen (secondary N) is 1. The van der Waals surface area contributed by atoms with Gasteiger partial charge in [-0.05, 0) is 28.4 Å². The SMILES string of the molecule is CNc1nc(C(OC)c2ccccc2)nc(C)c1Br.